The van der Waals surface area contributed by atoms with E-state index in [2.05, 4.69) is 25.2 Å². The van der Waals surface area contributed by atoms with E-state index in [0.29, 0.717) is 17.6 Å². The van der Waals surface area contributed by atoms with Crippen molar-refractivity contribution < 1.29 is 14.6 Å². The molecule has 0 bridgehead atoms. The lowest BCUT2D eigenvalue weighted by Gasteiger charge is -2.31. The maximum absolute atomic E-state index is 12.5. The van der Waals surface area contributed by atoms with Gasteiger partial charge in [0.25, 0.3) is 0 Å². The second-order valence-electron chi connectivity index (χ2n) is 7.67. The molecule has 0 aromatic heterocycles. The van der Waals surface area contributed by atoms with E-state index in [1.54, 1.807) is 23.8 Å². The molecule has 1 fully saturated rings. The number of allylic oxidation sites excluding steroid dienone is 5. The fourth-order valence-corrected chi connectivity index (χ4v) is 4.29. The van der Waals surface area contributed by atoms with Crippen LogP contribution in [0, 0.1) is 11.8 Å². The molecule has 1 amide bonds. The number of carbonyl (C=O) groups excluding carboxylic acids is 1. The normalized spacial score (nSPS) is 22.4. The highest BCUT2D eigenvalue weighted by Gasteiger charge is 2.24. The molecule has 2 atom stereocenters. The number of aromatic hydroxyl groups is 1. The molecular formula is C23H29NO3. The van der Waals surface area contributed by atoms with Gasteiger partial charge >= 0.3 is 0 Å². The van der Waals surface area contributed by atoms with Gasteiger partial charge in [-0.25, -0.2) is 0 Å². The number of phenolic OH excluding ortho intramolecular Hbond substituents is 1. The van der Waals surface area contributed by atoms with E-state index in [9.17, 15) is 9.90 Å². The zero-order chi connectivity index (χ0) is 19.4. The first kappa shape index (κ1) is 19.3. The van der Waals surface area contributed by atoms with Crippen LogP contribution in [0.15, 0.2) is 53.3 Å². The summed E-state index contributed by atoms with van der Waals surface area (Å²) in [5, 5.41) is 12.7. The fourth-order valence-electron chi connectivity index (χ4n) is 4.29. The Morgan fingerprint density at radius 2 is 2.00 bits per heavy atom. The molecule has 27 heavy (non-hydrogen) atoms. The number of hydrogen-bond acceptors (Lipinski definition) is 3. The molecule has 0 radical (unpaired) electrons. The summed E-state index contributed by atoms with van der Waals surface area (Å²) < 4.78 is 5.11. The summed E-state index contributed by atoms with van der Waals surface area (Å²) in [5.74, 6) is 1.64. The van der Waals surface area contributed by atoms with Crippen molar-refractivity contribution in [1.29, 1.82) is 0 Å². The maximum Gasteiger partial charge on any atom is 0.228 e. The number of phenols is 1. The molecule has 2 N–H and O–H groups in total. The lowest BCUT2D eigenvalue weighted by Crippen LogP contribution is -2.26. The Morgan fingerprint density at radius 1 is 1.26 bits per heavy atom. The third kappa shape index (κ3) is 4.62. The minimum absolute atomic E-state index is 0.0571. The number of nitrogens with one attached hydrogen (secondary N) is 1. The van der Waals surface area contributed by atoms with E-state index in [0.717, 1.165) is 17.7 Å². The molecule has 2 aliphatic rings. The number of amides is 1. The first-order valence-corrected chi connectivity index (χ1v) is 9.73. The number of hydrogen-bond donors (Lipinski definition) is 2. The maximum atomic E-state index is 12.5. The molecule has 0 spiro atoms. The predicted octanol–water partition coefficient (Wildman–Crippen LogP) is 4.66. The van der Waals surface area contributed by atoms with Crippen molar-refractivity contribution in [3.63, 3.8) is 0 Å². The van der Waals surface area contributed by atoms with Gasteiger partial charge in [-0.3, -0.25) is 4.79 Å². The van der Waals surface area contributed by atoms with Crippen molar-refractivity contribution in [3.05, 3.63) is 58.8 Å². The summed E-state index contributed by atoms with van der Waals surface area (Å²) in [7, 11) is 1.50. The molecule has 4 nitrogen and oxygen atoms in total. The van der Waals surface area contributed by atoms with Crippen molar-refractivity contribution in [2.75, 3.05) is 7.11 Å². The summed E-state index contributed by atoms with van der Waals surface area (Å²) >= 11 is 0. The van der Waals surface area contributed by atoms with Gasteiger partial charge in [-0.2, -0.15) is 0 Å². The van der Waals surface area contributed by atoms with Gasteiger partial charge < -0.3 is 15.2 Å². The first-order chi connectivity index (χ1) is 13.0. The smallest absolute Gasteiger partial charge is 0.228 e. The lowest BCUT2D eigenvalue weighted by molar-refractivity contribution is -0.119. The van der Waals surface area contributed by atoms with Crippen molar-refractivity contribution in [2.45, 2.75) is 46.0 Å². The van der Waals surface area contributed by atoms with Crippen LogP contribution in [0.1, 0.15) is 45.1 Å². The van der Waals surface area contributed by atoms with Gasteiger partial charge in [0.1, 0.15) is 0 Å². The highest BCUT2D eigenvalue weighted by molar-refractivity contribution is 5.80. The van der Waals surface area contributed by atoms with Crippen LogP contribution in [0.25, 0.3) is 0 Å². The average molecular weight is 367 g/mol. The number of rotatable bonds is 4. The second kappa shape index (κ2) is 8.47. The Kier molecular flexibility index (Phi) is 6.04. The molecular weight excluding hydrogens is 338 g/mol. The molecule has 0 saturated heterocycles. The van der Waals surface area contributed by atoms with E-state index in [4.69, 9.17) is 4.74 Å². The molecule has 1 aromatic rings. The van der Waals surface area contributed by atoms with Crippen LogP contribution < -0.4 is 10.1 Å². The van der Waals surface area contributed by atoms with Gasteiger partial charge in [-0.05, 0) is 54.0 Å². The van der Waals surface area contributed by atoms with Crippen molar-refractivity contribution in [1.82, 2.24) is 5.32 Å². The molecule has 2 unspecified atom stereocenters. The van der Waals surface area contributed by atoms with E-state index >= 15 is 0 Å². The van der Waals surface area contributed by atoms with Gasteiger partial charge in [-0.15, -0.1) is 0 Å². The third-order valence-electron chi connectivity index (χ3n) is 5.59. The zero-order valence-corrected chi connectivity index (χ0v) is 16.4. The largest absolute Gasteiger partial charge is 0.504 e. The monoisotopic (exact) mass is 367 g/mol. The quantitative estimate of drug-likeness (QED) is 0.814. The van der Waals surface area contributed by atoms with Gasteiger partial charge in [-0.1, -0.05) is 44.1 Å². The summed E-state index contributed by atoms with van der Waals surface area (Å²) in [5.41, 5.74) is 4.67. The molecule has 0 heterocycles. The first-order valence-electron chi connectivity index (χ1n) is 9.73. The van der Waals surface area contributed by atoms with E-state index in [1.807, 2.05) is 12.2 Å². The Hall–Kier alpha value is -2.49. The van der Waals surface area contributed by atoms with Crippen molar-refractivity contribution in [2.24, 2.45) is 11.8 Å². The summed E-state index contributed by atoms with van der Waals surface area (Å²) in [6, 6.07) is 4.99. The van der Waals surface area contributed by atoms with Crippen LogP contribution in [0.3, 0.4) is 0 Å². The number of methoxy groups -OCH3 is 1. The minimum Gasteiger partial charge on any atom is -0.504 e. The second-order valence-corrected chi connectivity index (χ2v) is 7.67. The van der Waals surface area contributed by atoms with E-state index in [1.165, 1.54) is 31.9 Å². The number of benzene rings is 1. The minimum atomic E-state index is -0.0571. The number of carbonyl (C=O) groups is 1. The molecule has 0 aliphatic heterocycles. The van der Waals surface area contributed by atoms with Crippen LogP contribution in [0.2, 0.25) is 0 Å². The Balaban J connectivity index is 1.66. The highest BCUT2D eigenvalue weighted by atomic mass is 16.5. The summed E-state index contributed by atoms with van der Waals surface area (Å²) in [6.07, 6.45) is 11.1. The Bertz CT molecular complexity index is 792. The Morgan fingerprint density at radius 3 is 2.70 bits per heavy atom. The van der Waals surface area contributed by atoms with Crippen LogP contribution in [0.5, 0.6) is 11.5 Å². The molecule has 1 aromatic carbocycles. The van der Waals surface area contributed by atoms with Gasteiger partial charge in [0, 0.05) is 12.1 Å². The molecule has 4 heteroatoms. The van der Waals surface area contributed by atoms with Gasteiger partial charge in [0.15, 0.2) is 11.5 Å². The number of ether oxygens (including phenoxy) is 1. The summed E-state index contributed by atoms with van der Waals surface area (Å²) in [4.78, 5) is 12.5. The zero-order valence-electron chi connectivity index (χ0n) is 16.4. The van der Waals surface area contributed by atoms with Crippen LogP contribution in [-0.2, 0) is 11.2 Å². The highest BCUT2D eigenvalue weighted by Crippen LogP contribution is 2.38. The van der Waals surface area contributed by atoms with Gasteiger partial charge in [0.2, 0.25) is 5.91 Å². The van der Waals surface area contributed by atoms with E-state index in [-0.39, 0.29) is 18.1 Å². The SMILES string of the molecule is COc1cc(CC(=O)NC2=CC=CC(=C3C(C)CCCC3C)C2)ccc1O. The Labute approximate surface area is 161 Å². The molecule has 1 saturated carbocycles. The molecule has 144 valence electrons. The molecule has 2 aliphatic carbocycles. The van der Waals surface area contributed by atoms with Crippen LogP contribution in [0.4, 0.5) is 0 Å². The van der Waals surface area contributed by atoms with Crippen molar-refractivity contribution in [3.8, 4) is 11.5 Å². The van der Waals surface area contributed by atoms with Crippen LogP contribution >= 0.6 is 0 Å². The topological polar surface area (TPSA) is 58.6 Å². The average Bonchev–Trinajstić information content (AvgIpc) is 2.63. The third-order valence-corrected chi connectivity index (χ3v) is 5.59. The van der Waals surface area contributed by atoms with E-state index < -0.39 is 0 Å². The fraction of sp³-hybridized carbons (Fsp3) is 0.435. The summed E-state index contributed by atoms with van der Waals surface area (Å²) in [6.45, 7) is 4.64. The van der Waals surface area contributed by atoms with Crippen LogP contribution in [-0.4, -0.2) is 18.1 Å². The predicted molar refractivity (Wildman–Crippen MR) is 108 cm³/mol. The van der Waals surface area contributed by atoms with Gasteiger partial charge in [0.05, 0.1) is 13.5 Å². The standard InChI is InChI=1S/C23H29NO3/c1-15-6-4-7-16(2)23(15)18-8-5-9-19(14-18)24-22(26)13-17-10-11-20(25)21(12-17)27-3/h5,8-12,15-16,25H,4,6-7,13-14H2,1-3H3,(H,24,26). The lowest BCUT2D eigenvalue weighted by atomic mass is 9.75. The molecule has 3 rings (SSSR count). The van der Waals surface area contributed by atoms with Crippen molar-refractivity contribution >= 4 is 5.91 Å².